The molecular weight excluding hydrogens is 279 g/mol. The summed E-state index contributed by atoms with van der Waals surface area (Å²) < 4.78 is 39.2. The number of nitrogens with zero attached hydrogens (tertiary/aromatic N) is 1. The van der Waals surface area contributed by atoms with Gasteiger partial charge in [-0.2, -0.15) is 18.3 Å². The van der Waals surface area contributed by atoms with Gasteiger partial charge in [-0.25, -0.2) is 0 Å². The molecule has 0 amide bonds. The molecule has 1 heterocycles. The molecule has 0 unspecified atom stereocenters. The lowest BCUT2D eigenvalue weighted by Crippen LogP contribution is -2.19. The van der Waals surface area contributed by atoms with Crippen molar-refractivity contribution in [2.45, 2.75) is 26.6 Å². The number of aromatic amines is 1. The van der Waals surface area contributed by atoms with E-state index in [1.807, 2.05) is 0 Å². The number of aromatic nitrogens is 2. The summed E-state index contributed by atoms with van der Waals surface area (Å²) in [5, 5.41) is 9.78. The van der Waals surface area contributed by atoms with Gasteiger partial charge in [0, 0.05) is 17.7 Å². The van der Waals surface area contributed by atoms with Crippen molar-refractivity contribution in [1.29, 1.82) is 0 Å². The Bertz CT molecular complexity index is 588. The number of benzene rings is 1. The van der Waals surface area contributed by atoms with Crippen LogP contribution in [0.4, 0.5) is 13.2 Å². The van der Waals surface area contributed by atoms with E-state index in [-0.39, 0.29) is 5.56 Å². The van der Waals surface area contributed by atoms with E-state index < -0.39 is 11.7 Å². The summed E-state index contributed by atoms with van der Waals surface area (Å²) >= 11 is 0. The molecule has 0 fully saturated rings. The number of hydrogen-bond donors (Lipinski definition) is 2. The standard InChI is InChI=1S/C15H18F3N3/c1-10(2)7-19-8-11-9-20-21-14(11)12-5-3-4-6-13(12)15(16,17)18/h3-6,9-10,19H,7-8H2,1-2H3,(H,20,21). The van der Waals surface area contributed by atoms with Crippen LogP contribution in [0.5, 0.6) is 0 Å². The molecular formula is C15H18F3N3. The smallest absolute Gasteiger partial charge is 0.312 e. The molecule has 2 rings (SSSR count). The molecule has 2 aromatic rings. The highest BCUT2D eigenvalue weighted by atomic mass is 19.4. The number of nitrogens with one attached hydrogen (secondary N) is 2. The average molecular weight is 297 g/mol. The molecule has 114 valence electrons. The van der Waals surface area contributed by atoms with Crippen LogP contribution in [0.1, 0.15) is 25.0 Å². The molecule has 0 saturated heterocycles. The predicted octanol–water partition coefficient (Wildman–Crippen LogP) is 3.84. The lowest BCUT2D eigenvalue weighted by Gasteiger charge is -2.13. The largest absolute Gasteiger partial charge is 0.417 e. The zero-order valence-electron chi connectivity index (χ0n) is 12.0. The van der Waals surface area contributed by atoms with E-state index in [1.165, 1.54) is 12.1 Å². The number of alkyl halides is 3. The van der Waals surface area contributed by atoms with Gasteiger partial charge in [0.15, 0.2) is 0 Å². The number of rotatable bonds is 5. The van der Waals surface area contributed by atoms with E-state index in [4.69, 9.17) is 0 Å². The fourth-order valence-corrected chi connectivity index (χ4v) is 2.12. The summed E-state index contributed by atoms with van der Waals surface area (Å²) in [7, 11) is 0. The molecule has 0 spiro atoms. The summed E-state index contributed by atoms with van der Waals surface area (Å²) in [6.45, 7) is 5.42. The van der Waals surface area contributed by atoms with Gasteiger partial charge in [-0.1, -0.05) is 32.0 Å². The SMILES string of the molecule is CC(C)CNCc1cn[nH]c1-c1ccccc1C(F)(F)F. The summed E-state index contributed by atoms with van der Waals surface area (Å²) in [6.07, 6.45) is -2.82. The Kier molecular flexibility index (Phi) is 4.67. The van der Waals surface area contributed by atoms with Crippen LogP contribution in [0.25, 0.3) is 11.3 Å². The monoisotopic (exact) mass is 297 g/mol. The molecule has 2 N–H and O–H groups in total. The minimum Gasteiger partial charge on any atom is -0.312 e. The number of halogens is 3. The zero-order valence-corrected chi connectivity index (χ0v) is 12.0. The van der Waals surface area contributed by atoms with Gasteiger partial charge >= 0.3 is 6.18 Å². The van der Waals surface area contributed by atoms with Crippen LogP contribution in [0.3, 0.4) is 0 Å². The van der Waals surface area contributed by atoms with Crippen LogP contribution in [0.2, 0.25) is 0 Å². The maximum absolute atomic E-state index is 13.1. The van der Waals surface area contributed by atoms with Crippen LogP contribution in [-0.2, 0) is 12.7 Å². The third kappa shape index (κ3) is 3.85. The first-order valence-electron chi connectivity index (χ1n) is 6.79. The van der Waals surface area contributed by atoms with Gasteiger partial charge < -0.3 is 5.32 Å². The van der Waals surface area contributed by atoms with Gasteiger partial charge in [-0.05, 0) is 18.5 Å². The van der Waals surface area contributed by atoms with Crippen LogP contribution < -0.4 is 5.32 Å². The van der Waals surface area contributed by atoms with Gasteiger partial charge in [-0.3, -0.25) is 5.10 Å². The van der Waals surface area contributed by atoms with Crippen molar-refractivity contribution in [2.24, 2.45) is 5.92 Å². The zero-order chi connectivity index (χ0) is 15.5. The van der Waals surface area contributed by atoms with E-state index >= 15 is 0 Å². The van der Waals surface area contributed by atoms with Crippen LogP contribution in [0.15, 0.2) is 30.5 Å². The Morgan fingerprint density at radius 2 is 1.95 bits per heavy atom. The van der Waals surface area contributed by atoms with Crippen molar-refractivity contribution in [2.75, 3.05) is 6.54 Å². The molecule has 0 aliphatic rings. The Morgan fingerprint density at radius 1 is 1.24 bits per heavy atom. The minimum atomic E-state index is -4.38. The van der Waals surface area contributed by atoms with Crippen molar-refractivity contribution in [3.8, 4) is 11.3 Å². The Hall–Kier alpha value is -1.82. The molecule has 1 aromatic carbocycles. The van der Waals surface area contributed by atoms with E-state index in [2.05, 4.69) is 29.4 Å². The van der Waals surface area contributed by atoms with Gasteiger partial charge in [0.05, 0.1) is 17.5 Å². The van der Waals surface area contributed by atoms with Gasteiger partial charge in [-0.15, -0.1) is 0 Å². The Morgan fingerprint density at radius 3 is 2.62 bits per heavy atom. The third-order valence-corrected chi connectivity index (χ3v) is 3.09. The van der Waals surface area contributed by atoms with Crippen molar-refractivity contribution in [3.05, 3.63) is 41.6 Å². The fraction of sp³-hybridized carbons (Fsp3) is 0.400. The molecule has 0 bridgehead atoms. The second-order valence-corrected chi connectivity index (χ2v) is 5.34. The van der Waals surface area contributed by atoms with Crippen LogP contribution in [-0.4, -0.2) is 16.7 Å². The quantitative estimate of drug-likeness (QED) is 0.880. The molecule has 6 heteroatoms. The maximum Gasteiger partial charge on any atom is 0.417 e. The minimum absolute atomic E-state index is 0.129. The molecule has 0 radical (unpaired) electrons. The first-order valence-corrected chi connectivity index (χ1v) is 6.79. The third-order valence-electron chi connectivity index (χ3n) is 3.09. The highest BCUT2D eigenvalue weighted by Gasteiger charge is 2.34. The molecule has 0 atom stereocenters. The lowest BCUT2D eigenvalue weighted by molar-refractivity contribution is -0.137. The molecule has 3 nitrogen and oxygen atoms in total. The van der Waals surface area contributed by atoms with E-state index in [0.717, 1.165) is 18.2 Å². The highest BCUT2D eigenvalue weighted by molar-refractivity contribution is 5.67. The van der Waals surface area contributed by atoms with E-state index in [1.54, 1.807) is 12.3 Å². The van der Waals surface area contributed by atoms with E-state index in [0.29, 0.717) is 18.2 Å². The fourth-order valence-electron chi connectivity index (χ4n) is 2.12. The molecule has 0 aliphatic carbocycles. The molecule has 21 heavy (non-hydrogen) atoms. The normalized spacial score (nSPS) is 12.1. The van der Waals surface area contributed by atoms with Crippen molar-refractivity contribution in [1.82, 2.24) is 15.5 Å². The van der Waals surface area contributed by atoms with Crippen molar-refractivity contribution in [3.63, 3.8) is 0 Å². The van der Waals surface area contributed by atoms with Crippen molar-refractivity contribution >= 4 is 0 Å². The summed E-state index contributed by atoms with van der Waals surface area (Å²) in [4.78, 5) is 0. The van der Waals surface area contributed by atoms with Gasteiger partial charge in [0.1, 0.15) is 0 Å². The topological polar surface area (TPSA) is 40.7 Å². The van der Waals surface area contributed by atoms with Crippen molar-refractivity contribution < 1.29 is 13.2 Å². The number of H-pyrrole nitrogens is 1. The predicted molar refractivity (Wildman–Crippen MR) is 75.6 cm³/mol. The van der Waals surface area contributed by atoms with Crippen LogP contribution >= 0.6 is 0 Å². The van der Waals surface area contributed by atoms with E-state index in [9.17, 15) is 13.2 Å². The van der Waals surface area contributed by atoms with Gasteiger partial charge in [0.2, 0.25) is 0 Å². The average Bonchev–Trinajstić information content (AvgIpc) is 2.85. The summed E-state index contributed by atoms with van der Waals surface area (Å²) in [6, 6.07) is 5.53. The lowest BCUT2D eigenvalue weighted by atomic mass is 10.0. The Labute approximate surface area is 121 Å². The number of hydrogen-bond acceptors (Lipinski definition) is 2. The second kappa shape index (κ2) is 6.30. The van der Waals surface area contributed by atoms with Gasteiger partial charge in [0.25, 0.3) is 0 Å². The molecule has 0 aliphatic heterocycles. The first-order chi connectivity index (χ1) is 9.89. The first kappa shape index (κ1) is 15.6. The second-order valence-electron chi connectivity index (χ2n) is 5.34. The van der Waals surface area contributed by atoms with Crippen LogP contribution in [0, 0.1) is 5.92 Å². The highest BCUT2D eigenvalue weighted by Crippen LogP contribution is 2.37. The molecule has 1 aromatic heterocycles. The Balaban J connectivity index is 2.30. The maximum atomic E-state index is 13.1. The summed E-state index contributed by atoms with van der Waals surface area (Å²) in [5.41, 5.74) is 0.620. The summed E-state index contributed by atoms with van der Waals surface area (Å²) in [5.74, 6) is 0.475. The molecule has 0 saturated carbocycles.